The van der Waals surface area contributed by atoms with Crippen molar-refractivity contribution in [1.29, 1.82) is 0 Å². The van der Waals surface area contributed by atoms with Crippen LogP contribution in [-0.4, -0.2) is 81.2 Å². The van der Waals surface area contributed by atoms with Crippen LogP contribution in [-0.2, 0) is 14.8 Å². The van der Waals surface area contributed by atoms with Crippen LogP contribution in [0.25, 0.3) is 0 Å². The van der Waals surface area contributed by atoms with E-state index in [4.69, 9.17) is 11.6 Å². The zero-order valence-corrected chi connectivity index (χ0v) is 19.3. The fourth-order valence-electron chi connectivity index (χ4n) is 3.26. The van der Waals surface area contributed by atoms with E-state index in [-0.39, 0.29) is 39.7 Å². The molecule has 8 nitrogen and oxygen atoms in total. The van der Waals surface area contributed by atoms with Crippen LogP contribution in [0.5, 0.6) is 0 Å². The van der Waals surface area contributed by atoms with E-state index in [2.05, 4.69) is 5.32 Å². The van der Waals surface area contributed by atoms with Crippen molar-refractivity contribution in [3.63, 3.8) is 0 Å². The van der Waals surface area contributed by atoms with Gasteiger partial charge in [0.15, 0.2) is 0 Å². The number of amides is 2. The molecule has 11 heteroatoms. The van der Waals surface area contributed by atoms with Gasteiger partial charge in [0.2, 0.25) is 15.9 Å². The Morgan fingerprint density at radius 3 is 2.28 bits per heavy atom. The summed E-state index contributed by atoms with van der Waals surface area (Å²) in [5.74, 6) is -0.976. The Balaban J connectivity index is 1.60. The number of rotatable bonds is 6. The van der Waals surface area contributed by atoms with Crippen LogP contribution < -0.4 is 5.32 Å². The van der Waals surface area contributed by atoms with Gasteiger partial charge in [0.05, 0.1) is 22.0 Å². The molecule has 1 aliphatic rings. The first-order valence-electron chi connectivity index (χ1n) is 9.87. The minimum atomic E-state index is -3.70. The quantitative estimate of drug-likeness (QED) is 0.681. The molecule has 1 heterocycles. The summed E-state index contributed by atoms with van der Waals surface area (Å²) in [6.45, 7) is 1.80. The number of nitrogens with one attached hydrogen (secondary N) is 1. The molecule has 2 amide bonds. The van der Waals surface area contributed by atoms with Crippen LogP contribution in [0.2, 0.25) is 5.02 Å². The number of nitrogens with zero attached hydrogens (tertiary/aromatic N) is 3. The largest absolute Gasteiger partial charge is 0.336 e. The van der Waals surface area contributed by atoms with E-state index >= 15 is 0 Å². The van der Waals surface area contributed by atoms with Crippen LogP contribution in [0, 0.1) is 5.82 Å². The summed E-state index contributed by atoms with van der Waals surface area (Å²) >= 11 is 6.18. The number of sulfonamides is 1. The molecule has 0 aliphatic carbocycles. The predicted molar refractivity (Wildman–Crippen MR) is 120 cm³/mol. The van der Waals surface area contributed by atoms with Gasteiger partial charge in [-0.1, -0.05) is 11.6 Å². The van der Waals surface area contributed by atoms with E-state index in [1.807, 2.05) is 4.90 Å². The van der Waals surface area contributed by atoms with Crippen LogP contribution in [0.4, 0.5) is 10.1 Å². The zero-order chi connectivity index (χ0) is 23.5. The number of carbonyl (C=O) groups excluding carboxylic acids is 2. The lowest BCUT2D eigenvalue weighted by molar-refractivity contribution is -0.117. The Labute approximate surface area is 191 Å². The molecule has 1 saturated heterocycles. The minimum Gasteiger partial charge on any atom is -0.336 e. The normalized spacial score (nSPS) is 15.1. The van der Waals surface area contributed by atoms with E-state index in [0.717, 1.165) is 4.31 Å². The number of halogens is 2. The topological polar surface area (TPSA) is 90.0 Å². The van der Waals surface area contributed by atoms with Crippen LogP contribution in [0.15, 0.2) is 47.4 Å². The third-order valence-corrected chi connectivity index (χ3v) is 7.24. The van der Waals surface area contributed by atoms with E-state index in [1.54, 1.807) is 4.90 Å². The molecule has 0 bridgehead atoms. The lowest BCUT2D eigenvalue weighted by Gasteiger charge is -2.34. The van der Waals surface area contributed by atoms with Crippen molar-refractivity contribution in [2.75, 3.05) is 52.1 Å². The predicted octanol–water partition coefficient (Wildman–Crippen LogP) is 2.13. The summed E-state index contributed by atoms with van der Waals surface area (Å²) in [5, 5.41) is 2.88. The van der Waals surface area contributed by atoms with E-state index in [1.165, 1.54) is 56.6 Å². The highest BCUT2D eigenvalue weighted by Crippen LogP contribution is 2.24. The molecule has 1 fully saturated rings. The molecule has 1 N–H and O–H groups in total. The molecule has 2 aromatic carbocycles. The number of carbonyl (C=O) groups is 2. The highest BCUT2D eigenvalue weighted by Gasteiger charge is 2.26. The number of anilines is 1. The second kappa shape index (κ2) is 9.95. The third kappa shape index (κ3) is 5.63. The molecule has 0 radical (unpaired) electrons. The van der Waals surface area contributed by atoms with Gasteiger partial charge in [-0.2, -0.15) is 0 Å². The number of benzene rings is 2. The Hall–Kier alpha value is -2.53. The van der Waals surface area contributed by atoms with Crippen LogP contribution in [0.3, 0.4) is 0 Å². The monoisotopic (exact) mass is 482 g/mol. The van der Waals surface area contributed by atoms with Gasteiger partial charge < -0.3 is 10.2 Å². The maximum absolute atomic E-state index is 13.0. The average Bonchev–Trinajstić information content (AvgIpc) is 2.75. The molecule has 0 atom stereocenters. The van der Waals surface area contributed by atoms with Gasteiger partial charge in [-0.25, -0.2) is 17.1 Å². The highest BCUT2D eigenvalue weighted by atomic mass is 35.5. The summed E-state index contributed by atoms with van der Waals surface area (Å²) in [4.78, 5) is 28.7. The zero-order valence-electron chi connectivity index (χ0n) is 17.7. The molecular formula is C21H24ClFN4O4S. The highest BCUT2D eigenvalue weighted by molar-refractivity contribution is 7.89. The first-order chi connectivity index (χ1) is 15.1. The van der Waals surface area contributed by atoms with Gasteiger partial charge in [0.25, 0.3) is 5.91 Å². The summed E-state index contributed by atoms with van der Waals surface area (Å²) in [5.41, 5.74) is 0.629. The maximum Gasteiger partial charge on any atom is 0.255 e. The van der Waals surface area contributed by atoms with E-state index in [0.29, 0.717) is 31.9 Å². The Bertz CT molecular complexity index is 1100. The van der Waals surface area contributed by atoms with Crippen LogP contribution >= 0.6 is 11.6 Å². The van der Waals surface area contributed by atoms with E-state index < -0.39 is 10.0 Å². The average molecular weight is 483 g/mol. The maximum atomic E-state index is 13.0. The Morgan fingerprint density at radius 2 is 1.69 bits per heavy atom. The molecule has 0 aromatic heterocycles. The first kappa shape index (κ1) is 24.1. The molecule has 2 aromatic rings. The number of piperazine rings is 1. The molecule has 172 valence electrons. The summed E-state index contributed by atoms with van der Waals surface area (Å²) in [6, 6.07) is 9.57. The fraction of sp³-hybridized carbons (Fsp3) is 0.333. The lowest BCUT2D eigenvalue weighted by atomic mass is 10.1. The second-order valence-corrected chi connectivity index (χ2v) is 10.1. The second-order valence-electron chi connectivity index (χ2n) is 7.55. The molecule has 32 heavy (non-hydrogen) atoms. The van der Waals surface area contributed by atoms with Crippen molar-refractivity contribution in [3.8, 4) is 0 Å². The Kier molecular flexibility index (Phi) is 7.50. The number of hydrogen-bond donors (Lipinski definition) is 1. The summed E-state index contributed by atoms with van der Waals surface area (Å²) < 4.78 is 38.8. The molecule has 3 rings (SSSR count). The molecule has 1 aliphatic heterocycles. The molecular weight excluding hydrogens is 459 g/mol. The lowest BCUT2D eigenvalue weighted by Crippen LogP contribution is -2.50. The van der Waals surface area contributed by atoms with Gasteiger partial charge >= 0.3 is 0 Å². The van der Waals surface area contributed by atoms with Crippen molar-refractivity contribution in [3.05, 3.63) is 58.9 Å². The minimum absolute atomic E-state index is 0.00801. The van der Waals surface area contributed by atoms with Crippen molar-refractivity contribution in [2.24, 2.45) is 0 Å². The van der Waals surface area contributed by atoms with Crippen LogP contribution in [0.1, 0.15) is 10.4 Å². The molecule has 0 saturated carbocycles. The van der Waals surface area contributed by atoms with Crippen molar-refractivity contribution < 1.29 is 22.4 Å². The molecule has 0 unspecified atom stereocenters. The van der Waals surface area contributed by atoms with E-state index in [9.17, 15) is 22.4 Å². The third-order valence-electron chi connectivity index (χ3n) is 5.10. The Morgan fingerprint density at radius 1 is 1.06 bits per heavy atom. The fourth-order valence-corrected chi connectivity index (χ4v) is 4.38. The van der Waals surface area contributed by atoms with Gasteiger partial charge in [-0.05, 0) is 42.5 Å². The van der Waals surface area contributed by atoms with Crippen molar-refractivity contribution in [1.82, 2.24) is 14.1 Å². The summed E-state index contributed by atoms with van der Waals surface area (Å²) in [6.07, 6.45) is 0. The van der Waals surface area contributed by atoms with Gasteiger partial charge in [-0.15, -0.1) is 0 Å². The van der Waals surface area contributed by atoms with Gasteiger partial charge in [-0.3, -0.25) is 14.5 Å². The van der Waals surface area contributed by atoms with Gasteiger partial charge in [0.1, 0.15) is 5.82 Å². The first-order valence-corrected chi connectivity index (χ1v) is 11.7. The number of hydrogen-bond acceptors (Lipinski definition) is 5. The standard InChI is InChI=1S/C21H24ClFN4O4S/c1-25(2)32(30,31)17-7-8-19(22)18(13-17)21(29)27-11-9-26(10-12-27)14-20(28)24-16-5-3-15(23)4-6-16/h3-8,13H,9-12,14H2,1-2H3,(H,24,28). The SMILES string of the molecule is CN(C)S(=O)(=O)c1ccc(Cl)c(C(=O)N2CCN(CC(=O)Nc3ccc(F)cc3)CC2)c1. The van der Waals surface area contributed by atoms with Gasteiger partial charge in [0, 0.05) is 46.0 Å². The van der Waals surface area contributed by atoms with Crippen molar-refractivity contribution >= 4 is 39.1 Å². The smallest absolute Gasteiger partial charge is 0.255 e. The summed E-state index contributed by atoms with van der Waals surface area (Å²) in [7, 11) is -0.873. The molecule has 0 spiro atoms. The van der Waals surface area contributed by atoms with Crippen molar-refractivity contribution in [2.45, 2.75) is 4.90 Å².